The van der Waals surface area contributed by atoms with Crippen molar-refractivity contribution in [2.75, 3.05) is 13.7 Å². The highest BCUT2D eigenvalue weighted by Gasteiger charge is 1.96. The second-order valence-electron chi connectivity index (χ2n) is 2.76. The van der Waals surface area contributed by atoms with Crippen LogP contribution in [0.4, 0.5) is 0 Å². The van der Waals surface area contributed by atoms with E-state index < -0.39 is 0 Å². The second kappa shape index (κ2) is 6.50. The first-order valence-electron chi connectivity index (χ1n) is 4.60. The third-order valence-corrected chi connectivity index (χ3v) is 1.74. The number of para-hydroxylation sites is 1. The lowest BCUT2D eigenvalue weighted by Gasteiger charge is -2.02. The van der Waals surface area contributed by atoms with E-state index >= 15 is 0 Å². The van der Waals surface area contributed by atoms with Crippen LogP contribution in [0.2, 0.25) is 0 Å². The number of ether oxygens (including phenoxy) is 1. The van der Waals surface area contributed by atoms with Crippen molar-refractivity contribution in [3.05, 3.63) is 29.8 Å². The van der Waals surface area contributed by atoms with Crippen LogP contribution in [-0.2, 0) is 4.84 Å². The Morgan fingerprint density at radius 1 is 1.47 bits per heavy atom. The van der Waals surface area contributed by atoms with Gasteiger partial charge in [0.1, 0.15) is 12.4 Å². The van der Waals surface area contributed by atoms with Gasteiger partial charge in [0.15, 0.2) is 0 Å². The molecule has 1 aromatic rings. The van der Waals surface area contributed by atoms with E-state index in [-0.39, 0.29) is 0 Å². The first-order chi connectivity index (χ1) is 7.38. The molecule has 0 aromatic heterocycles. The lowest BCUT2D eigenvalue weighted by atomic mass is 10.2. The molecule has 0 bridgehead atoms. The third kappa shape index (κ3) is 3.74. The molecule has 0 aliphatic rings. The lowest BCUT2D eigenvalue weighted by molar-refractivity contribution is 0.152. The van der Waals surface area contributed by atoms with E-state index in [4.69, 9.17) is 16.0 Å². The number of hydrogen-bond donors (Lipinski definition) is 0. The summed E-state index contributed by atoms with van der Waals surface area (Å²) < 4.78 is 5.14. The summed E-state index contributed by atoms with van der Waals surface area (Å²) in [5.74, 6) is 3.23. The Kier molecular flexibility index (Phi) is 4.82. The van der Waals surface area contributed by atoms with Gasteiger partial charge in [0.25, 0.3) is 0 Å². The minimum atomic E-state index is 0.433. The quantitative estimate of drug-likeness (QED) is 0.317. The van der Waals surface area contributed by atoms with Crippen molar-refractivity contribution in [2.24, 2.45) is 5.16 Å². The van der Waals surface area contributed by atoms with Crippen LogP contribution in [0, 0.1) is 12.3 Å². The minimum Gasteiger partial charge on any atom is -0.496 e. The van der Waals surface area contributed by atoms with Crippen LogP contribution in [0.1, 0.15) is 12.0 Å². The van der Waals surface area contributed by atoms with Crippen LogP contribution in [0.25, 0.3) is 0 Å². The molecule has 0 amide bonds. The van der Waals surface area contributed by atoms with Crippen LogP contribution < -0.4 is 4.74 Å². The molecular formula is C12H13NO2. The Morgan fingerprint density at radius 3 is 3.00 bits per heavy atom. The molecule has 3 nitrogen and oxygen atoms in total. The molecular weight excluding hydrogens is 190 g/mol. The Balaban J connectivity index is 2.52. The zero-order valence-corrected chi connectivity index (χ0v) is 8.64. The molecule has 0 spiro atoms. The summed E-state index contributed by atoms with van der Waals surface area (Å²) in [6.45, 7) is 0.433. The highest BCUT2D eigenvalue weighted by Crippen LogP contribution is 2.14. The largest absolute Gasteiger partial charge is 0.496 e. The molecule has 0 aliphatic carbocycles. The Hall–Kier alpha value is -1.95. The maximum absolute atomic E-state index is 5.14. The lowest BCUT2D eigenvalue weighted by Crippen LogP contribution is -1.91. The van der Waals surface area contributed by atoms with Crippen molar-refractivity contribution in [1.29, 1.82) is 0 Å². The van der Waals surface area contributed by atoms with Crippen LogP contribution in [0.3, 0.4) is 0 Å². The van der Waals surface area contributed by atoms with E-state index in [9.17, 15) is 0 Å². The SMILES string of the molecule is C#CCCON=Cc1ccccc1OC. The summed E-state index contributed by atoms with van der Waals surface area (Å²) in [7, 11) is 1.62. The normalized spacial score (nSPS) is 9.87. The van der Waals surface area contributed by atoms with Gasteiger partial charge in [-0.2, -0.15) is 0 Å². The van der Waals surface area contributed by atoms with Crippen molar-refractivity contribution in [1.82, 2.24) is 0 Å². The van der Waals surface area contributed by atoms with Gasteiger partial charge in [-0.05, 0) is 12.1 Å². The van der Waals surface area contributed by atoms with Crippen LogP contribution in [0.5, 0.6) is 5.75 Å². The van der Waals surface area contributed by atoms with E-state index in [1.165, 1.54) is 0 Å². The van der Waals surface area contributed by atoms with Crippen LogP contribution >= 0.6 is 0 Å². The first-order valence-corrected chi connectivity index (χ1v) is 4.60. The van der Waals surface area contributed by atoms with Crippen molar-refractivity contribution in [3.8, 4) is 18.1 Å². The molecule has 1 aromatic carbocycles. The molecule has 0 heterocycles. The Bertz CT molecular complexity index is 366. The fourth-order valence-electron chi connectivity index (χ4n) is 1.02. The van der Waals surface area contributed by atoms with Crippen molar-refractivity contribution < 1.29 is 9.57 Å². The van der Waals surface area contributed by atoms with Gasteiger partial charge >= 0.3 is 0 Å². The minimum absolute atomic E-state index is 0.433. The molecule has 0 aliphatic heterocycles. The average molecular weight is 203 g/mol. The van der Waals surface area contributed by atoms with Gasteiger partial charge in [0, 0.05) is 12.0 Å². The fourth-order valence-corrected chi connectivity index (χ4v) is 1.02. The zero-order chi connectivity index (χ0) is 10.9. The molecule has 78 valence electrons. The summed E-state index contributed by atoms with van der Waals surface area (Å²) in [6, 6.07) is 7.57. The highest BCUT2D eigenvalue weighted by molar-refractivity contribution is 5.82. The zero-order valence-electron chi connectivity index (χ0n) is 8.64. The average Bonchev–Trinajstić information content (AvgIpc) is 2.29. The van der Waals surface area contributed by atoms with Gasteiger partial charge in [0.2, 0.25) is 0 Å². The predicted octanol–water partition coefficient (Wildman–Crippen LogP) is 2.07. The second-order valence-corrected chi connectivity index (χ2v) is 2.76. The molecule has 3 heteroatoms. The molecule has 1 rings (SSSR count). The third-order valence-electron chi connectivity index (χ3n) is 1.74. The molecule has 0 fully saturated rings. The summed E-state index contributed by atoms with van der Waals surface area (Å²) >= 11 is 0. The Morgan fingerprint density at radius 2 is 2.27 bits per heavy atom. The highest BCUT2D eigenvalue weighted by atomic mass is 16.6. The van der Waals surface area contributed by atoms with E-state index in [0.717, 1.165) is 11.3 Å². The number of hydrogen-bond acceptors (Lipinski definition) is 3. The molecule has 15 heavy (non-hydrogen) atoms. The van der Waals surface area contributed by atoms with Crippen LogP contribution in [-0.4, -0.2) is 19.9 Å². The van der Waals surface area contributed by atoms with Gasteiger partial charge in [-0.15, -0.1) is 12.3 Å². The van der Waals surface area contributed by atoms with Gasteiger partial charge in [-0.1, -0.05) is 17.3 Å². The van der Waals surface area contributed by atoms with E-state index in [0.29, 0.717) is 13.0 Å². The molecule has 0 unspecified atom stereocenters. The molecule has 0 saturated heterocycles. The number of rotatable bonds is 5. The van der Waals surface area contributed by atoms with Gasteiger partial charge in [0.05, 0.1) is 13.3 Å². The van der Waals surface area contributed by atoms with Gasteiger partial charge < -0.3 is 9.57 Å². The molecule has 0 atom stereocenters. The number of benzene rings is 1. The monoisotopic (exact) mass is 203 g/mol. The topological polar surface area (TPSA) is 30.8 Å². The van der Waals surface area contributed by atoms with Crippen LogP contribution in [0.15, 0.2) is 29.4 Å². The van der Waals surface area contributed by atoms with Crippen molar-refractivity contribution in [2.45, 2.75) is 6.42 Å². The number of methoxy groups -OCH3 is 1. The van der Waals surface area contributed by atoms with Crippen molar-refractivity contribution in [3.63, 3.8) is 0 Å². The van der Waals surface area contributed by atoms with E-state index in [2.05, 4.69) is 11.1 Å². The summed E-state index contributed by atoms with van der Waals surface area (Å²) in [5.41, 5.74) is 0.876. The van der Waals surface area contributed by atoms with E-state index in [1.54, 1.807) is 13.3 Å². The molecule has 0 N–H and O–H groups in total. The number of nitrogens with zero attached hydrogens (tertiary/aromatic N) is 1. The summed E-state index contributed by atoms with van der Waals surface area (Å²) in [4.78, 5) is 4.95. The predicted molar refractivity (Wildman–Crippen MR) is 60.0 cm³/mol. The number of oxime groups is 1. The summed E-state index contributed by atoms with van der Waals surface area (Å²) in [5, 5.41) is 3.79. The van der Waals surface area contributed by atoms with E-state index in [1.807, 2.05) is 24.3 Å². The standard InChI is InChI=1S/C12H13NO2/c1-3-4-9-15-13-10-11-7-5-6-8-12(11)14-2/h1,5-8,10H,4,9H2,2H3. The molecule has 0 radical (unpaired) electrons. The van der Waals surface area contributed by atoms with Gasteiger partial charge in [-0.25, -0.2) is 0 Å². The van der Waals surface area contributed by atoms with Crippen molar-refractivity contribution >= 4 is 6.21 Å². The smallest absolute Gasteiger partial charge is 0.128 e. The fraction of sp³-hybridized carbons (Fsp3) is 0.250. The Labute approximate surface area is 89.7 Å². The summed E-state index contributed by atoms with van der Waals surface area (Å²) in [6.07, 6.45) is 7.23. The van der Waals surface area contributed by atoms with Gasteiger partial charge in [-0.3, -0.25) is 0 Å². The maximum atomic E-state index is 5.14. The first kappa shape index (κ1) is 11.1. The molecule has 0 saturated carbocycles. The number of terminal acetylenes is 1. The maximum Gasteiger partial charge on any atom is 0.128 e.